The smallest absolute Gasteiger partial charge is 0.231 e. The molecule has 0 aliphatic heterocycles. The molecule has 0 radical (unpaired) electrons. The van der Waals surface area contributed by atoms with Crippen LogP contribution in [-0.2, 0) is 11.2 Å². The molecule has 0 bridgehead atoms. The summed E-state index contributed by atoms with van der Waals surface area (Å²) in [6.45, 7) is 8.82. The van der Waals surface area contributed by atoms with Crippen LogP contribution < -0.4 is 0 Å². The Morgan fingerprint density at radius 1 is 1.24 bits per heavy atom. The topological polar surface area (TPSA) is 68.4 Å². The van der Waals surface area contributed by atoms with E-state index in [2.05, 4.69) is 30.9 Å². The second-order valence-corrected chi connectivity index (χ2v) is 6.09. The number of rotatable bonds is 5. The van der Waals surface area contributed by atoms with Crippen molar-refractivity contribution in [1.82, 2.24) is 10.1 Å². The lowest BCUT2D eigenvalue weighted by Gasteiger charge is -2.27. The Bertz CT molecular complexity index is 570. The number of aromatic hydroxyl groups is 1. The molecule has 1 unspecified atom stereocenters. The molecule has 1 aromatic heterocycles. The number of aromatic nitrogens is 2. The van der Waals surface area contributed by atoms with Crippen molar-refractivity contribution in [2.45, 2.75) is 40.2 Å². The molecule has 2 rings (SSSR count). The highest BCUT2D eigenvalue weighted by Gasteiger charge is 2.31. The maximum atomic E-state index is 9.28. The van der Waals surface area contributed by atoms with Crippen LogP contribution in [0.15, 0.2) is 28.8 Å². The fourth-order valence-corrected chi connectivity index (χ4v) is 2.11. The van der Waals surface area contributed by atoms with Crippen molar-refractivity contribution in [2.24, 2.45) is 5.41 Å². The summed E-state index contributed by atoms with van der Waals surface area (Å²) < 4.78 is 11.1. The summed E-state index contributed by atoms with van der Waals surface area (Å²) >= 11 is 0. The first-order chi connectivity index (χ1) is 9.90. The molecule has 1 aromatic carbocycles. The van der Waals surface area contributed by atoms with E-state index in [0.29, 0.717) is 24.7 Å². The van der Waals surface area contributed by atoms with Gasteiger partial charge in [0, 0.05) is 6.61 Å². The van der Waals surface area contributed by atoms with Crippen molar-refractivity contribution in [3.05, 3.63) is 41.5 Å². The monoisotopic (exact) mass is 290 g/mol. The molecule has 0 saturated heterocycles. The molecule has 0 saturated carbocycles. The average Bonchev–Trinajstić information content (AvgIpc) is 2.85. The van der Waals surface area contributed by atoms with Gasteiger partial charge < -0.3 is 14.4 Å². The van der Waals surface area contributed by atoms with Gasteiger partial charge in [-0.25, -0.2) is 0 Å². The predicted molar refractivity (Wildman–Crippen MR) is 79.0 cm³/mol. The minimum atomic E-state index is -0.195. The van der Waals surface area contributed by atoms with Crippen LogP contribution in [0.1, 0.15) is 51.1 Å². The number of ether oxygens (including phenoxy) is 1. The Labute approximate surface area is 125 Å². The van der Waals surface area contributed by atoms with Crippen molar-refractivity contribution in [1.29, 1.82) is 0 Å². The lowest BCUT2D eigenvalue weighted by atomic mass is 9.88. The summed E-state index contributed by atoms with van der Waals surface area (Å²) in [4.78, 5) is 4.45. The Balaban J connectivity index is 2.14. The summed E-state index contributed by atoms with van der Waals surface area (Å²) in [5, 5.41) is 13.3. The first-order valence-electron chi connectivity index (χ1n) is 7.12. The van der Waals surface area contributed by atoms with E-state index in [4.69, 9.17) is 9.26 Å². The van der Waals surface area contributed by atoms with Gasteiger partial charge in [-0.1, -0.05) is 38.1 Å². The Hall–Kier alpha value is -1.88. The van der Waals surface area contributed by atoms with Crippen molar-refractivity contribution in [3.63, 3.8) is 0 Å². The molecule has 5 nitrogen and oxygen atoms in total. The van der Waals surface area contributed by atoms with Gasteiger partial charge in [0.25, 0.3) is 0 Å². The van der Waals surface area contributed by atoms with Crippen molar-refractivity contribution >= 4 is 0 Å². The first-order valence-corrected chi connectivity index (χ1v) is 7.12. The molecular weight excluding hydrogens is 268 g/mol. The van der Waals surface area contributed by atoms with Crippen LogP contribution >= 0.6 is 0 Å². The van der Waals surface area contributed by atoms with E-state index in [0.717, 1.165) is 5.56 Å². The van der Waals surface area contributed by atoms with E-state index in [1.807, 2.05) is 19.1 Å². The van der Waals surface area contributed by atoms with E-state index in [1.165, 1.54) is 0 Å². The third kappa shape index (κ3) is 4.04. The average molecular weight is 290 g/mol. The summed E-state index contributed by atoms with van der Waals surface area (Å²) in [6, 6.07) is 6.96. The van der Waals surface area contributed by atoms with Gasteiger partial charge in [-0.3, -0.25) is 0 Å². The van der Waals surface area contributed by atoms with Crippen molar-refractivity contribution < 1.29 is 14.4 Å². The molecule has 1 atom stereocenters. The fourth-order valence-electron chi connectivity index (χ4n) is 2.11. The van der Waals surface area contributed by atoms with E-state index in [-0.39, 0.29) is 17.3 Å². The van der Waals surface area contributed by atoms with Crippen LogP contribution in [0.4, 0.5) is 0 Å². The van der Waals surface area contributed by atoms with Crippen LogP contribution in [0.5, 0.6) is 5.75 Å². The van der Waals surface area contributed by atoms with Crippen LogP contribution in [0.25, 0.3) is 0 Å². The maximum absolute atomic E-state index is 9.28. The summed E-state index contributed by atoms with van der Waals surface area (Å²) in [5.74, 6) is 1.37. The molecule has 0 amide bonds. The molecule has 2 aromatic rings. The van der Waals surface area contributed by atoms with Gasteiger partial charge in [-0.2, -0.15) is 4.98 Å². The third-order valence-electron chi connectivity index (χ3n) is 3.13. The molecule has 1 N–H and O–H groups in total. The molecule has 5 heteroatoms. The second-order valence-electron chi connectivity index (χ2n) is 6.09. The number of benzene rings is 1. The van der Waals surface area contributed by atoms with Gasteiger partial charge in [0.05, 0.1) is 6.42 Å². The molecular formula is C16H22N2O3. The number of phenols is 1. The molecule has 1 heterocycles. The van der Waals surface area contributed by atoms with Crippen LogP contribution in [0.2, 0.25) is 0 Å². The molecule has 0 aliphatic rings. The van der Waals surface area contributed by atoms with Gasteiger partial charge >= 0.3 is 0 Å². The Morgan fingerprint density at radius 2 is 1.90 bits per heavy atom. The number of hydrogen-bond acceptors (Lipinski definition) is 5. The fraction of sp³-hybridized carbons (Fsp3) is 0.500. The normalized spacial score (nSPS) is 13.3. The molecule has 114 valence electrons. The standard InChI is InChI=1S/C16H22N2O3/c1-5-20-14(16(2,3)4)15-17-13(21-18-15)10-11-6-8-12(19)9-7-11/h6-9,14,19H,5,10H2,1-4H3. The Morgan fingerprint density at radius 3 is 2.48 bits per heavy atom. The minimum Gasteiger partial charge on any atom is -0.508 e. The number of phenolic OH excluding ortho intramolecular Hbond substituents is 1. The van der Waals surface area contributed by atoms with Gasteiger partial charge in [-0.15, -0.1) is 0 Å². The minimum absolute atomic E-state index is 0.101. The van der Waals surface area contributed by atoms with Crippen LogP contribution in [0.3, 0.4) is 0 Å². The van der Waals surface area contributed by atoms with Crippen LogP contribution in [-0.4, -0.2) is 21.9 Å². The molecule has 0 spiro atoms. The van der Waals surface area contributed by atoms with E-state index < -0.39 is 0 Å². The summed E-state index contributed by atoms with van der Waals surface area (Å²) in [7, 11) is 0. The predicted octanol–water partition coefficient (Wildman–Crippen LogP) is 3.49. The van der Waals surface area contributed by atoms with Gasteiger partial charge in [0.2, 0.25) is 11.7 Å². The number of hydrogen-bond donors (Lipinski definition) is 1. The summed E-state index contributed by atoms with van der Waals surface area (Å²) in [5.41, 5.74) is 0.905. The highest BCUT2D eigenvalue weighted by molar-refractivity contribution is 5.27. The quantitative estimate of drug-likeness (QED) is 0.913. The van der Waals surface area contributed by atoms with Gasteiger partial charge in [0.15, 0.2) is 0 Å². The lowest BCUT2D eigenvalue weighted by Crippen LogP contribution is -2.22. The van der Waals surface area contributed by atoms with E-state index in [1.54, 1.807) is 12.1 Å². The highest BCUT2D eigenvalue weighted by Crippen LogP contribution is 2.34. The van der Waals surface area contributed by atoms with Gasteiger partial charge in [0.1, 0.15) is 11.9 Å². The first kappa shape index (κ1) is 15.5. The molecule has 0 aliphatic carbocycles. The molecule has 21 heavy (non-hydrogen) atoms. The van der Waals surface area contributed by atoms with E-state index >= 15 is 0 Å². The van der Waals surface area contributed by atoms with Crippen molar-refractivity contribution in [2.75, 3.05) is 6.61 Å². The van der Waals surface area contributed by atoms with E-state index in [9.17, 15) is 5.11 Å². The molecule has 0 fully saturated rings. The van der Waals surface area contributed by atoms with Crippen molar-refractivity contribution in [3.8, 4) is 5.75 Å². The zero-order valence-corrected chi connectivity index (χ0v) is 13.0. The highest BCUT2D eigenvalue weighted by atomic mass is 16.5. The largest absolute Gasteiger partial charge is 0.508 e. The lowest BCUT2D eigenvalue weighted by molar-refractivity contribution is -0.0203. The van der Waals surface area contributed by atoms with Gasteiger partial charge in [-0.05, 0) is 30.0 Å². The maximum Gasteiger partial charge on any atom is 0.231 e. The zero-order chi connectivity index (χ0) is 15.5. The number of nitrogens with zero attached hydrogens (tertiary/aromatic N) is 2. The Kier molecular flexibility index (Phi) is 4.63. The second kappa shape index (κ2) is 6.26. The summed E-state index contributed by atoms with van der Waals surface area (Å²) in [6.07, 6.45) is 0.343. The third-order valence-corrected chi connectivity index (χ3v) is 3.13. The SMILES string of the molecule is CCOC(c1noc(Cc2ccc(O)cc2)n1)C(C)(C)C. The van der Waals surface area contributed by atoms with Crippen LogP contribution in [0, 0.1) is 5.41 Å². The zero-order valence-electron chi connectivity index (χ0n) is 13.0.